The van der Waals surface area contributed by atoms with Crippen LogP contribution in [-0.4, -0.2) is 27.7 Å². The second-order valence-corrected chi connectivity index (χ2v) is 6.18. The summed E-state index contributed by atoms with van der Waals surface area (Å²) in [5.41, 5.74) is 9.67. The van der Waals surface area contributed by atoms with Crippen LogP contribution in [0.1, 0.15) is 31.0 Å². The third-order valence-corrected chi connectivity index (χ3v) is 4.67. The van der Waals surface area contributed by atoms with Gasteiger partial charge >= 0.3 is 0 Å². The number of nitrogens with two attached hydrogens (primary N) is 1. The van der Waals surface area contributed by atoms with Crippen LogP contribution in [0, 0.1) is 19.3 Å². The summed E-state index contributed by atoms with van der Waals surface area (Å²) in [6, 6.07) is 0. The van der Waals surface area contributed by atoms with Crippen LogP contribution >= 0.6 is 0 Å². The van der Waals surface area contributed by atoms with Crippen molar-refractivity contribution in [1.29, 1.82) is 0 Å². The summed E-state index contributed by atoms with van der Waals surface area (Å²) in [6.45, 7) is 9.23. The first kappa shape index (κ1) is 13.4. The summed E-state index contributed by atoms with van der Waals surface area (Å²) in [5.74, 6) is 0.575. The highest BCUT2D eigenvalue weighted by atomic mass is 16.5. The van der Waals surface area contributed by atoms with E-state index < -0.39 is 0 Å². The van der Waals surface area contributed by atoms with E-state index in [0.29, 0.717) is 5.82 Å². The molecule has 1 fully saturated rings. The Morgan fingerprint density at radius 3 is 2.70 bits per heavy atom. The lowest BCUT2D eigenvalue weighted by atomic mass is 9.82. The van der Waals surface area contributed by atoms with Crippen LogP contribution in [0.3, 0.4) is 0 Å². The lowest BCUT2D eigenvalue weighted by Crippen LogP contribution is -2.31. The fourth-order valence-corrected chi connectivity index (χ4v) is 3.09. The zero-order chi connectivity index (χ0) is 14.3. The van der Waals surface area contributed by atoms with E-state index in [4.69, 9.17) is 10.5 Å². The van der Waals surface area contributed by atoms with E-state index in [0.717, 1.165) is 43.6 Å². The number of hydrogen-bond acceptors (Lipinski definition) is 4. The molecule has 3 heterocycles. The number of nitrogens with zero attached hydrogens (tertiary/aromatic N) is 3. The highest BCUT2D eigenvalue weighted by Crippen LogP contribution is 2.35. The van der Waals surface area contributed by atoms with Crippen LogP contribution in [0.25, 0.3) is 11.0 Å². The molecule has 1 aliphatic rings. The molecule has 0 amide bonds. The first-order valence-electron chi connectivity index (χ1n) is 7.15. The number of fused-ring (bicyclic) bond motifs is 1. The maximum Gasteiger partial charge on any atom is 0.145 e. The summed E-state index contributed by atoms with van der Waals surface area (Å²) in [6.07, 6.45) is 3.73. The van der Waals surface area contributed by atoms with Crippen molar-refractivity contribution in [3.63, 3.8) is 0 Å². The lowest BCUT2D eigenvalue weighted by Gasteiger charge is -2.34. The number of rotatable bonds is 2. The molecule has 2 N–H and O–H groups in total. The summed E-state index contributed by atoms with van der Waals surface area (Å²) >= 11 is 0. The normalized spacial score (nSPS) is 18.6. The predicted octanol–water partition coefficient (Wildman–Crippen LogP) is 2.45. The summed E-state index contributed by atoms with van der Waals surface area (Å²) in [4.78, 5) is 8.58. The largest absolute Gasteiger partial charge is 0.383 e. The molecule has 0 unspecified atom stereocenters. The average molecular weight is 274 g/mol. The Kier molecular flexibility index (Phi) is 3.17. The smallest absolute Gasteiger partial charge is 0.145 e. The van der Waals surface area contributed by atoms with E-state index in [1.165, 1.54) is 11.3 Å². The first-order chi connectivity index (χ1) is 9.52. The molecular weight excluding hydrogens is 252 g/mol. The van der Waals surface area contributed by atoms with Gasteiger partial charge in [0.15, 0.2) is 0 Å². The van der Waals surface area contributed by atoms with E-state index in [2.05, 4.69) is 35.3 Å². The van der Waals surface area contributed by atoms with Crippen LogP contribution in [0.2, 0.25) is 0 Å². The van der Waals surface area contributed by atoms with E-state index in [1.807, 2.05) is 0 Å². The van der Waals surface area contributed by atoms with Gasteiger partial charge in [0.1, 0.15) is 17.8 Å². The van der Waals surface area contributed by atoms with Crippen molar-refractivity contribution in [3.05, 3.63) is 17.6 Å². The van der Waals surface area contributed by atoms with Crippen molar-refractivity contribution in [2.45, 2.75) is 40.2 Å². The molecule has 3 rings (SSSR count). The molecule has 5 heteroatoms. The number of hydrogen-bond donors (Lipinski definition) is 1. The molecule has 0 aromatic carbocycles. The van der Waals surface area contributed by atoms with E-state index in [1.54, 1.807) is 6.33 Å². The number of aryl methyl sites for hydroxylation is 1. The van der Waals surface area contributed by atoms with Gasteiger partial charge < -0.3 is 15.0 Å². The quantitative estimate of drug-likeness (QED) is 0.913. The van der Waals surface area contributed by atoms with Gasteiger partial charge in [-0.05, 0) is 37.7 Å². The molecule has 0 bridgehead atoms. The zero-order valence-corrected chi connectivity index (χ0v) is 12.4. The van der Waals surface area contributed by atoms with Crippen LogP contribution in [0.15, 0.2) is 6.33 Å². The van der Waals surface area contributed by atoms with Crippen LogP contribution in [0.5, 0.6) is 0 Å². The minimum Gasteiger partial charge on any atom is -0.383 e. The minimum absolute atomic E-state index is 0.265. The standard InChI is InChI=1S/C15H22N4O/c1-10-11(2)19(8-15(3)4-6-20-7-5-15)14-12(10)13(16)17-9-18-14/h9H,4-8H2,1-3H3,(H2,16,17,18). The maximum absolute atomic E-state index is 6.02. The maximum atomic E-state index is 6.02. The molecule has 0 spiro atoms. The number of ether oxygens (including phenoxy) is 1. The Hall–Kier alpha value is -1.62. The summed E-state index contributed by atoms with van der Waals surface area (Å²) in [7, 11) is 0. The molecule has 5 nitrogen and oxygen atoms in total. The Labute approximate surface area is 119 Å². The first-order valence-corrected chi connectivity index (χ1v) is 7.15. The molecule has 0 radical (unpaired) electrons. The molecule has 1 saturated heterocycles. The Morgan fingerprint density at radius 1 is 1.30 bits per heavy atom. The van der Waals surface area contributed by atoms with Crippen molar-refractivity contribution in [1.82, 2.24) is 14.5 Å². The molecule has 0 saturated carbocycles. The Balaban J connectivity index is 2.07. The van der Waals surface area contributed by atoms with Gasteiger partial charge in [-0.2, -0.15) is 0 Å². The number of anilines is 1. The molecule has 108 valence electrons. The average Bonchev–Trinajstić information content (AvgIpc) is 2.66. The molecule has 2 aromatic heterocycles. The molecular formula is C15H22N4O. The van der Waals surface area contributed by atoms with Crippen molar-refractivity contribution >= 4 is 16.9 Å². The van der Waals surface area contributed by atoms with Crippen molar-refractivity contribution in [3.8, 4) is 0 Å². The topological polar surface area (TPSA) is 66.0 Å². The fourth-order valence-electron chi connectivity index (χ4n) is 3.09. The highest BCUT2D eigenvalue weighted by Gasteiger charge is 2.29. The van der Waals surface area contributed by atoms with E-state index >= 15 is 0 Å². The van der Waals surface area contributed by atoms with Gasteiger partial charge in [0.25, 0.3) is 0 Å². The lowest BCUT2D eigenvalue weighted by molar-refractivity contribution is 0.0158. The van der Waals surface area contributed by atoms with Crippen LogP contribution < -0.4 is 5.73 Å². The zero-order valence-electron chi connectivity index (χ0n) is 12.4. The third kappa shape index (κ3) is 2.06. The summed E-state index contributed by atoms with van der Waals surface area (Å²) in [5, 5.41) is 1.00. The molecule has 1 aliphatic heterocycles. The molecule has 0 atom stereocenters. The van der Waals surface area contributed by atoms with Crippen molar-refractivity contribution in [2.24, 2.45) is 5.41 Å². The van der Waals surface area contributed by atoms with Crippen LogP contribution in [-0.2, 0) is 11.3 Å². The van der Waals surface area contributed by atoms with Gasteiger partial charge in [0.05, 0.1) is 5.39 Å². The molecule has 0 aliphatic carbocycles. The monoisotopic (exact) mass is 274 g/mol. The predicted molar refractivity (Wildman–Crippen MR) is 79.6 cm³/mol. The van der Waals surface area contributed by atoms with Gasteiger partial charge in [-0.3, -0.25) is 0 Å². The number of aromatic nitrogens is 3. The van der Waals surface area contributed by atoms with E-state index in [-0.39, 0.29) is 5.41 Å². The number of nitrogen functional groups attached to an aromatic ring is 1. The van der Waals surface area contributed by atoms with Crippen LogP contribution in [0.4, 0.5) is 5.82 Å². The third-order valence-electron chi connectivity index (χ3n) is 4.67. The highest BCUT2D eigenvalue weighted by molar-refractivity contribution is 5.90. The SMILES string of the molecule is Cc1c(C)n(CC2(C)CCOCC2)c2ncnc(N)c12. The minimum atomic E-state index is 0.265. The van der Waals surface area contributed by atoms with Crippen molar-refractivity contribution < 1.29 is 4.74 Å². The van der Waals surface area contributed by atoms with Crippen molar-refractivity contribution in [2.75, 3.05) is 18.9 Å². The summed E-state index contributed by atoms with van der Waals surface area (Å²) < 4.78 is 7.79. The second kappa shape index (κ2) is 4.74. The molecule has 20 heavy (non-hydrogen) atoms. The fraction of sp³-hybridized carbons (Fsp3) is 0.600. The van der Waals surface area contributed by atoms with Gasteiger partial charge in [-0.25, -0.2) is 9.97 Å². The van der Waals surface area contributed by atoms with Gasteiger partial charge in [0, 0.05) is 25.5 Å². The Morgan fingerprint density at radius 2 is 2.00 bits per heavy atom. The second-order valence-electron chi connectivity index (χ2n) is 6.18. The van der Waals surface area contributed by atoms with Gasteiger partial charge in [0.2, 0.25) is 0 Å². The van der Waals surface area contributed by atoms with Gasteiger partial charge in [-0.1, -0.05) is 6.92 Å². The molecule has 2 aromatic rings. The van der Waals surface area contributed by atoms with Gasteiger partial charge in [-0.15, -0.1) is 0 Å². The Bertz CT molecular complexity index is 641. The van der Waals surface area contributed by atoms with E-state index in [9.17, 15) is 0 Å².